The number of benzene rings is 1. The van der Waals surface area contributed by atoms with Crippen LogP contribution in [0.4, 0.5) is 5.69 Å². The number of hydrogen-bond acceptors (Lipinski definition) is 2. The lowest BCUT2D eigenvalue weighted by Gasteiger charge is -2.57. The number of carbonyl (C=O) groups is 1. The molecule has 4 aliphatic heterocycles. The van der Waals surface area contributed by atoms with Crippen molar-refractivity contribution in [3.8, 4) is 0 Å². The van der Waals surface area contributed by atoms with Crippen LogP contribution in [0.3, 0.4) is 0 Å². The second kappa shape index (κ2) is 5.92. The first kappa shape index (κ1) is 17.4. The van der Waals surface area contributed by atoms with Crippen LogP contribution in [0.1, 0.15) is 31.2 Å². The Balaban J connectivity index is 0.00000150. The van der Waals surface area contributed by atoms with Crippen LogP contribution in [-0.4, -0.2) is 41.3 Å². The van der Waals surface area contributed by atoms with E-state index in [0.29, 0.717) is 29.8 Å². The summed E-state index contributed by atoms with van der Waals surface area (Å²) in [5.41, 5.74) is 4.51. The van der Waals surface area contributed by atoms with Gasteiger partial charge in [-0.05, 0) is 49.3 Å². The number of allylic oxidation sites excluding steroid dienone is 1. The second-order valence-corrected chi connectivity index (χ2v) is 9.13. The molecule has 4 heterocycles. The molecular weight excluding hydrogens is 456 g/mol. The molecule has 26 heavy (non-hydrogen) atoms. The molecular formula is C21H24Br2N2O. The lowest BCUT2D eigenvalue weighted by Crippen LogP contribution is -2.66. The summed E-state index contributed by atoms with van der Waals surface area (Å²) in [6, 6.07) is 9.82. The fourth-order valence-electron chi connectivity index (χ4n) is 7.16. The van der Waals surface area contributed by atoms with Gasteiger partial charge in [-0.25, -0.2) is 0 Å². The Morgan fingerprint density at radius 3 is 3.00 bits per heavy atom. The smallest absolute Gasteiger partial charge is 0.227 e. The summed E-state index contributed by atoms with van der Waals surface area (Å²) >= 11 is 3.62. The molecule has 3 saturated heterocycles. The Labute approximate surface area is 173 Å². The van der Waals surface area contributed by atoms with Crippen molar-refractivity contribution < 1.29 is 4.79 Å². The van der Waals surface area contributed by atoms with Crippen molar-refractivity contribution in [2.24, 2.45) is 11.8 Å². The molecule has 1 saturated carbocycles. The topological polar surface area (TPSA) is 23.6 Å². The Kier molecular flexibility index (Phi) is 3.97. The summed E-state index contributed by atoms with van der Waals surface area (Å²) in [6.45, 7) is 2.32. The fraction of sp³-hybridized carbons (Fsp3) is 0.571. The van der Waals surface area contributed by atoms with Crippen LogP contribution in [0.2, 0.25) is 0 Å². The molecule has 2 bridgehead atoms. The van der Waals surface area contributed by atoms with Gasteiger partial charge in [-0.3, -0.25) is 9.69 Å². The molecule has 5 heteroatoms. The molecule has 3 nitrogen and oxygen atoms in total. The first-order valence-corrected chi connectivity index (χ1v) is 10.8. The van der Waals surface area contributed by atoms with Gasteiger partial charge in [0, 0.05) is 35.4 Å². The van der Waals surface area contributed by atoms with Crippen molar-refractivity contribution in [1.29, 1.82) is 0 Å². The normalized spacial score (nSPS) is 41.0. The average Bonchev–Trinajstić information content (AvgIpc) is 3.17. The maximum absolute atomic E-state index is 13.0. The van der Waals surface area contributed by atoms with E-state index in [0.717, 1.165) is 24.7 Å². The Morgan fingerprint density at radius 2 is 2.15 bits per heavy atom. The summed E-state index contributed by atoms with van der Waals surface area (Å²) in [5.74, 6) is 1.65. The number of fused-ring (bicyclic) bond motifs is 4. The second-order valence-electron chi connectivity index (χ2n) is 8.48. The lowest BCUT2D eigenvalue weighted by molar-refractivity contribution is -0.123. The van der Waals surface area contributed by atoms with E-state index in [1.165, 1.54) is 30.6 Å². The number of nitrogens with zero attached hydrogens (tertiary/aromatic N) is 2. The molecule has 5 aliphatic rings. The maximum atomic E-state index is 13.0. The first-order valence-electron chi connectivity index (χ1n) is 9.66. The van der Waals surface area contributed by atoms with Crippen LogP contribution in [0, 0.1) is 11.8 Å². The van der Waals surface area contributed by atoms with E-state index in [-0.39, 0.29) is 22.4 Å². The van der Waals surface area contributed by atoms with Gasteiger partial charge in [0.05, 0.1) is 6.04 Å². The summed E-state index contributed by atoms with van der Waals surface area (Å²) in [4.78, 5) is 17.9. The summed E-state index contributed by atoms with van der Waals surface area (Å²) in [5, 5.41) is 0.947. The molecule has 1 aromatic rings. The highest BCUT2D eigenvalue weighted by atomic mass is 79.9. The van der Waals surface area contributed by atoms with Crippen molar-refractivity contribution in [2.75, 3.05) is 23.3 Å². The van der Waals surface area contributed by atoms with Crippen LogP contribution in [0.25, 0.3) is 0 Å². The van der Waals surface area contributed by atoms with Gasteiger partial charge in [0.1, 0.15) is 0 Å². The third kappa shape index (κ3) is 1.90. The zero-order chi connectivity index (χ0) is 16.8. The number of rotatable bonds is 1. The molecule has 138 valence electrons. The van der Waals surface area contributed by atoms with Crippen molar-refractivity contribution >= 4 is 44.5 Å². The minimum atomic E-state index is 0. The minimum absolute atomic E-state index is 0. The first-order chi connectivity index (χ1) is 12.3. The maximum Gasteiger partial charge on any atom is 0.227 e. The van der Waals surface area contributed by atoms with Crippen molar-refractivity contribution in [3.05, 3.63) is 41.5 Å². The summed E-state index contributed by atoms with van der Waals surface area (Å²) < 4.78 is 0. The number of para-hydroxylation sites is 1. The van der Waals surface area contributed by atoms with E-state index in [9.17, 15) is 4.79 Å². The van der Waals surface area contributed by atoms with Crippen LogP contribution in [0.15, 0.2) is 35.9 Å². The van der Waals surface area contributed by atoms with Crippen LogP contribution in [-0.2, 0) is 10.2 Å². The van der Waals surface area contributed by atoms with Crippen molar-refractivity contribution in [1.82, 2.24) is 4.90 Å². The fourth-order valence-corrected chi connectivity index (χ4v) is 7.58. The van der Waals surface area contributed by atoms with E-state index in [1.807, 2.05) is 0 Å². The molecule has 0 N–H and O–H groups in total. The zero-order valence-corrected chi connectivity index (χ0v) is 18.0. The molecule has 1 aliphatic carbocycles. The van der Waals surface area contributed by atoms with Gasteiger partial charge in [0.15, 0.2) is 0 Å². The van der Waals surface area contributed by atoms with Gasteiger partial charge < -0.3 is 4.90 Å². The third-order valence-corrected chi connectivity index (χ3v) is 8.20. The van der Waals surface area contributed by atoms with Crippen LogP contribution < -0.4 is 4.90 Å². The molecule has 4 fully saturated rings. The molecule has 6 rings (SSSR count). The summed E-state index contributed by atoms with van der Waals surface area (Å²) in [7, 11) is 0. The molecule has 0 radical (unpaired) electrons. The average molecular weight is 480 g/mol. The molecule has 5 atom stereocenters. The molecule has 1 amide bonds. The van der Waals surface area contributed by atoms with Crippen LogP contribution >= 0.6 is 32.9 Å². The van der Waals surface area contributed by atoms with E-state index in [1.54, 1.807) is 5.57 Å². The molecule has 0 aromatic heterocycles. The number of carbonyl (C=O) groups excluding carboxylic acids is 1. The SMILES string of the molecule is Br.O=C1CC[C@H]2[C@@H]3N1c1ccccc1[C@@]31CCN3C/C(=C/CBr)[C@@H]2C[C@H]31. The number of anilines is 1. The highest BCUT2D eigenvalue weighted by Crippen LogP contribution is 2.64. The predicted octanol–water partition coefficient (Wildman–Crippen LogP) is 4.06. The molecule has 1 aromatic carbocycles. The van der Waals surface area contributed by atoms with Gasteiger partial charge in [0.2, 0.25) is 5.91 Å². The number of halogens is 2. The molecule has 0 unspecified atom stereocenters. The van der Waals surface area contributed by atoms with Gasteiger partial charge >= 0.3 is 0 Å². The number of piperidine rings is 2. The van der Waals surface area contributed by atoms with Crippen molar-refractivity contribution in [3.63, 3.8) is 0 Å². The van der Waals surface area contributed by atoms with E-state index in [4.69, 9.17) is 0 Å². The predicted molar refractivity (Wildman–Crippen MR) is 112 cm³/mol. The quantitative estimate of drug-likeness (QED) is 0.448. The highest BCUT2D eigenvalue weighted by molar-refractivity contribution is 9.09. The van der Waals surface area contributed by atoms with E-state index in [2.05, 4.69) is 56.1 Å². The standard InChI is InChI=1S/C21H23BrN2O.BrH/c22-9-7-13-12-23-10-8-21-16-3-1-2-4-17(16)24-19(25)6-5-14(20(21)24)15(13)11-18(21)23;/h1-4,7,14-15,18,20H,5-6,8-12H2;1H/b13-7-;/t14-,15+,18+,20+,21-;/m1./s1. The largest absolute Gasteiger partial charge is 0.308 e. The Morgan fingerprint density at radius 1 is 1.31 bits per heavy atom. The lowest BCUT2D eigenvalue weighted by atomic mass is 9.54. The molecule has 1 spiro atoms. The monoisotopic (exact) mass is 478 g/mol. The van der Waals surface area contributed by atoms with Crippen molar-refractivity contribution in [2.45, 2.75) is 43.2 Å². The summed E-state index contributed by atoms with van der Waals surface area (Å²) in [6.07, 6.45) is 6.71. The zero-order valence-electron chi connectivity index (χ0n) is 14.7. The number of amides is 1. The Hall–Kier alpha value is -0.650. The van der Waals surface area contributed by atoms with E-state index >= 15 is 0 Å². The Bertz CT molecular complexity index is 809. The highest BCUT2D eigenvalue weighted by Gasteiger charge is 2.68. The minimum Gasteiger partial charge on any atom is -0.308 e. The number of hydrogen-bond donors (Lipinski definition) is 0. The van der Waals surface area contributed by atoms with Crippen LogP contribution in [0.5, 0.6) is 0 Å². The van der Waals surface area contributed by atoms with Gasteiger partial charge in [-0.1, -0.05) is 45.8 Å². The van der Waals surface area contributed by atoms with Gasteiger partial charge in [0.25, 0.3) is 0 Å². The number of alkyl halides is 1. The van der Waals surface area contributed by atoms with Gasteiger partial charge in [-0.2, -0.15) is 0 Å². The third-order valence-electron chi connectivity index (χ3n) is 7.88. The van der Waals surface area contributed by atoms with Gasteiger partial charge in [-0.15, -0.1) is 17.0 Å². The van der Waals surface area contributed by atoms with E-state index < -0.39 is 0 Å².